The van der Waals surface area contributed by atoms with Crippen LogP contribution in [0.4, 0.5) is 4.39 Å². The Morgan fingerprint density at radius 1 is 0.800 bits per heavy atom. The molecule has 1 atom stereocenters. The zero-order valence-corrected chi connectivity index (χ0v) is 8.79. The molecular formula is C13H10ClF. The molecule has 76 valence electrons. The number of benzene rings is 2. The summed E-state index contributed by atoms with van der Waals surface area (Å²) in [7, 11) is 0. The third-order valence-corrected chi connectivity index (χ3v) is 2.76. The van der Waals surface area contributed by atoms with Crippen LogP contribution in [0.2, 0.25) is 0 Å². The first kappa shape index (κ1) is 10.2. The van der Waals surface area contributed by atoms with Crippen molar-refractivity contribution in [2.45, 2.75) is 5.38 Å². The normalized spacial score (nSPS) is 12.4. The van der Waals surface area contributed by atoms with Gasteiger partial charge in [-0.15, -0.1) is 11.6 Å². The van der Waals surface area contributed by atoms with Crippen molar-refractivity contribution in [1.29, 1.82) is 0 Å². The van der Waals surface area contributed by atoms with Gasteiger partial charge in [0.1, 0.15) is 5.82 Å². The van der Waals surface area contributed by atoms with Crippen LogP contribution in [0.25, 0.3) is 0 Å². The van der Waals surface area contributed by atoms with Crippen LogP contribution in [-0.4, -0.2) is 0 Å². The number of rotatable bonds is 2. The maximum Gasteiger partial charge on any atom is 0.123 e. The van der Waals surface area contributed by atoms with Crippen LogP contribution >= 0.6 is 11.6 Å². The van der Waals surface area contributed by atoms with Gasteiger partial charge < -0.3 is 0 Å². The SMILES string of the molecule is Fc1ccc([C@@H](Cl)c2ccccc2)cc1. The highest BCUT2D eigenvalue weighted by atomic mass is 35.5. The van der Waals surface area contributed by atoms with E-state index in [1.165, 1.54) is 12.1 Å². The fraction of sp³-hybridized carbons (Fsp3) is 0.0769. The Morgan fingerprint density at radius 3 is 1.93 bits per heavy atom. The van der Waals surface area contributed by atoms with Gasteiger partial charge in [-0.2, -0.15) is 0 Å². The minimum Gasteiger partial charge on any atom is -0.207 e. The zero-order chi connectivity index (χ0) is 10.7. The third-order valence-electron chi connectivity index (χ3n) is 2.25. The van der Waals surface area contributed by atoms with E-state index in [1.807, 2.05) is 30.3 Å². The van der Waals surface area contributed by atoms with Gasteiger partial charge in [0.25, 0.3) is 0 Å². The average molecular weight is 221 g/mol. The molecule has 0 aliphatic carbocycles. The number of hydrogen-bond donors (Lipinski definition) is 0. The number of alkyl halides is 1. The van der Waals surface area contributed by atoms with E-state index in [-0.39, 0.29) is 11.2 Å². The van der Waals surface area contributed by atoms with Crippen molar-refractivity contribution in [3.8, 4) is 0 Å². The molecule has 0 aliphatic rings. The van der Waals surface area contributed by atoms with Crippen LogP contribution in [0.15, 0.2) is 54.6 Å². The molecule has 0 aromatic heterocycles. The molecule has 0 fully saturated rings. The summed E-state index contributed by atoms with van der Waals surface area (Å²) in [5.41, 5.74) is 1.93. The highest BCUT2D eigenvalue weighted by Gasteiger charge is 2.09. The van der Waals surface area contributed by atoms with Gasteiger partial charge in [0.2, 0.25) is 0 Å². The second-order valence-corrected chi connectivity index (χ2v) is 3.76. The van der Waals surface area contributed by atoms with Gasteiger partial charge in [0.05, 0.1) is 5.38 Å². The minimum absolute atomic E-state index is 0.216. The Labute approximate surface area is 93.3 Å². The van der Waals surface area contributed by atoms with E-state index < -0.39 is 0 Å². The molecule has 2 rings (SSSR count). The van der Waals surface area contributed by atoms with Crippen molar-refractivity contribution >= 4 is 11.6 Å². The molecule has 0 aliphatic heterocycles. The highest BCUT2D eigenvalue weighted by molar-refractivity contribution is 6.22. The van der Waals surface area contributed by atoms with Gasteiger partial charge in [-0.3, -0.25) is 0 Å². The van der Waals surface area contributed by atoms with Crippen LogP contribution in [0.5, 0.6) is 0 Å². The molecule has 0 unspecified atom stereocenters. The zero-order valence-electron chi connectivity index (χ0n) is 8.03. The van der Waals surface area contributed by atoms with Gasteiger partial charge in [0, 0.05) is 0 Å². The van der Waals surface area contributed by atoms with E-state index in [0.29, 0.717) is 0 Å². The molecule has 15 heavy (non-hydrogen) atoms. The maximum atomic E-state index is 12.7. The first-order chi connectivity index (χ1) is 7.27. The van der Waals surface area contributed by atoms with Gasteiger partial charge >= 0.3 is 0 Å². The number of hydrogen-bond acceptors (Lipinski definition) is 0. The van der Waals surface area contributed by atoms with E-state index in [4.69, 9.17) is 11.6 Å². The van der Waals surface area contributed by atoms with E-state index in [0.717, 1.165) is 11.1 Å². The predicted octanol–water partition coefficient (Wildman–Crippen LogP) is 4.15. The fourth-order valence-corrected chi connectivity index (χ4v) is 1.74. The van der Waals surface area contributed by atoms with Crippen LogP contribution in [-0.2, 0) is 0 Å². The van der Waals surface area contributed by atoms with Gasteiger partial charge in [0.15, 0.2) is 0 Å². The summed E-state index contributed by atoms with van der Waals surface area (Å²) in [5.74, 6) is -0.240. The molecule has 0 heterocycles. The standard InChI is InChI=1S/C13H10ClF/c14-13(10-4-2-1-3-5-10)11-6-8-12(15)9-7-11/h1-9,13H/t13-/m0/s1. The molecule has 0 amide bonds. The Bertz CT molecular complexity index is 422. The van der Waals surface area contributed by atoms with Crippen molar-refractivity contribution in [3.63, 3.8) is 0 Å². The summed E-state index contributed by atoms with van der Waals surface area (Å²) in [4.78, 5) is 0. The quantitative estimate of drug-likeness (QED) is 0.667. The Kier molecular flexibility index (Phi) is 3.02. The molecule has 2 heteroatoms. The van der Waals surface area contributed by atoms with Crippen molar-refractivity contribution in [3.05, 3.63) is 71.5 Å². The first-order valence-corrected chi connectivity index (χ1v) is 5.15. The predicted molar refractivity (Wildman–Crippen MR) is 60.5 cm³/mol. The second kappa shape index (κ2) is 4.45. The van der Waals surface area contributed by atoms with Crippen molar-refractivity contribution in [2.24, 2.45) is 0 Å². The molecule has 0 spiro atoms. The molecule has 0 saturated carbocycles. The van der Waals surface area contributed by atoms with Crippen LogP contribution in [0.3, 0.4) is 0 Å². The monoisotopic (exact) mass is 220 g/mol. The molecule has 0 nitrogen and oxygen atoms in total. The van der Waals surface area contributed by atoms with Crippen molar-refractivity contribution < 1.29 is 4.39 Å². The lowest BCUT2D eigenvalue weighted by Gasteiger charge is -2.09. The Hall–Kier alpha value is -1.34. The smallest absolute Gasteiger partial charge is 0.123 e. The minimum atomic E-state index is -0.240. The summed E-state index contributed by atoms with van der Waals surface area (Å²) >= 11 is 6.26. The van der Waals surface area contributed by atoms with E-state index in [1.54, 1.807) is 12.1 Å². The lowest BCUT2D eigenvalue weighted by molar-refractivity contribution is 0.627. The maximum absolute atomic E-state index is 12.7. The van der Waals surface area contributed by atoms with Crippen LogP contribution in [0.1, 0.15) is 16.5 Å². The fourth-order valence-electron chi connectivity index (χ4n) is 1.45. The Morgan fingerprint density at radius 2 is 1.33 bits per heavy atom. The van der Waals surface area contributed by atoms with Crippen molar-refractivity contribution in [1.82, 2.24) is 0 Å². The molecule has 0 N–H and O–H groups in total. The van der Waals surface area contributed by atoms with Crippen molar-refractivity contribution in [2.75, 3.05) is 0 Å². The lowest BCUT2D eigenvalue weighted by atomic mass is 10.0. The molecule has 2 aromatic carbocycles. The molecular weight excluding hydrogens is 211 g/mol. The lowest BCUT2D eigenvalue weighted by Crippen LogP contribution is -1.92. The van der Waals surface area contributed by atoms with Crippen LogP contribution < -0.4 is 0 Å². The van der Waals surface area contributed by atoms with E-state index in [9.17, 15) is 4.39 Å². The van der Waals surface area contributed by atoms with Gasteiger partial charge in [-0.1, -0.05) is 42.5 Å². The van der Waals surface area contributed by atoms with Crippen LogP contribution in [0, 0.1) is 5.82 Å². The summed E-state index contributed by atoms with van der Waals surface area (Å²) in [6.45, 7) is 0. The summed E-state index contributed by atoms with van der Waals surface area (Å²) in [5, 5.41) is -0.216. The van der Waals surface area contributed by atoms with Gasteiger partial charge in [-0.25, -0.2) is 4.39 Å². The third kappa shape index (κ3) is 2.37. The largest absolute Gasteiger partial charge is 0.207 e. The molecule has 0 radical (unpaired) electrons. The molecule has 0 bridgehead atoms. The molecule has 2 aromatic rings. The number of halogens is 2. The summed E-state index contributed by atoms with van der Waals surface area (Å²) < 4.78 is 12.7. The highest BCUT2D eigenvalue weighted by Crippen LogP contribution is 2.28. The second-order valence-electron chi connectivity index (χ2n) is 3.32. The topological polar surface area (TPSA) is 0 Å². The molecule has 0 saturated heterocycles. The average Bonchev–Trinajstić information content (AvgIpc) is 2.30. The first-order valence-electron chi connectivity index (χ1n) is 4.72. The Balaban J connectivity index is 2.29. The van der Waals surface area contributed by atoms with Gasteiger partial charge in [-0.05, 0) is 23.3 Å². The van der Waals surface area contributed by atoms with E-state index >= 15 is 0 Å². The summed E-state index contributed by atoms with van der Waals surface area (Å²) in [6.07, 6.45) is 0. The van der Waals surface area contributed by atoms with E-state index in [2.05, 4.69) is 0 Å². The summed E-state index contributed by atoms with van der Waals surface area (Å²) in [6, 6.07) is 16.0.